The molecule has 0 rings (SSSR count). The van der Waals surface area contributed by atoms with E-state index >= 15 is 0 Å². The van der Waals surface area contributed by atoms with Crippen LogP contribution >= 0.6 is 0 Å². The van der Waals surface area contributed by atoms with Crippen molar-refractivity contribution in [3.63, 3.8) is 0 Å². The molecule has 2 nitrogen and oxygen atoms in total. The second-order valence-electron chi connectivity index (χ2n) is 3.42. The number of nitrogens with two attached hydrogens (primary N) is 1. The van der Waals surface area contributed by atoms with Crippen LogP contribution in [0.2, 0.25) is 0 Å². The van der Waals surface area contributed by atoms with Crippen molar-refractivity contribution in [2.75, 3.05) is 6.61 Å². The first-order valence-corrected chi connectivity index (χ1v) is 4.81. The predicted octanol–water partition coefficient (Wildman–Crippen LogP) is 2.47. The van der Waals surface area contributed by atoms with Gasteiger partial charge in [-0.15, -0.1) is 0 Å². The van der Waals surface area contributed by atoms with Crippen LogP contribution in [0.4, 0.5) is 0 Å². The van der Waals surface area contributed by atoms with Gasteiger partial charge in [-0.3, -0.25) is 0 Å². The summed E-state index contributed by atoms with van der Waals surface area (Å²) in [4.78, 5) is 0. The van der Waals surface area contributed by atoms with Gasteiger partial charge in [0.25, 0.3) is 0 Å². The summed E-state index contributed by atoms with van der Waals surface area (Å²) in [6.07, 6.45) is 9.04. The van der Waals surface area contributed by atoms with Crippen molar-refractivity contribution in [3.8, 4) is 0 Å². The Hall–Kier alpha value is -0.760. The summed E-state index contributed by atoms with van der Waals surface area (Å²) < 4.78 is 5.19. The molecule has 0 bridgehead atoms. The van der Waals surface area contributed by atoms with E-state index in [1.165, 1.54) is 0 Å². The summed E-state index contributed by atoms with van der Waals surface area (Å²) in [5, 5.41) is 0. The van der Waals surface area contributed by atoms with E-state index in [2.05, 4.69) is 19.1 Å². The highest BCUT2D eigenvalue weighted by Gasteiger charge is 1.92. The van der Waals surface area contributed by atoms with E-state index in [0.29, 0.717) is 12.5 Å². The molecule has 0 aromatic carbocycles. The van der Waals surface area contributed by atoms with E-state index in [1.54, 1.807) is 6.26 Å². The van der Waals surface area contributed by atoms with Crippen molar-refractivity contribution < 1.29 is 4.74 Å². The topological polar surface area (TPSA) is 35.2 Å². The summed E-state index contributed by atoms with van der Waals surface area (Å²) in [5.74, 6) is 0.583. The quantitative estimate of drug-likeness (QED) is 0.507. The van der Waals surface area contributed by atoms with Crippen LogP contribution in [0.15, 0.2) is 24.5 Å². The maximum Gasteiger partial charge on any atom is 0.102 e. The first-order valence-electron chi connectivity index (χ1n) is 4.81. The fourth-order valence-electron chi connectivity index (χ4n) is 0.953. The van der Waals surface area contributed by atoms with Crippen LogP contribution < -0.4 is 5.73 Å². The van der Waals surface area contributed by atoms with E-state index in [0.717, 1.165) is 6.42 Å². The SMILES string of the molecule is C/C=C/C(C)C/C=C/OCC(C)N. The van der Waals surface area contributed by atoms with Crippen LogP contribution in [0.3, 0.4) is 0 Å². The molecule has 13 heavy (non-hydrogen) atoms. The minimum atomic E-state index is 0.109. The highest BCUT2D eigenvalue weighted by molar-refractivity contribution is 4.88. The molecule has 0 aromatic heterocycles. The first kappa shape index (κ1) is 12.2. The van der Waals surface area contributed by atoms with Gasteiger partial charge >= 0.3 is 0 Å². The Balaban J connectivity index is 3.40. The lowest BCUT2D eigenvalue weighted by molar-refractivity contribution is 0.231. The molecule has 76 valence electrons. The molecule has 2 atom stereocenters. The van der Waals surface area contributed by atoms with Gasteiger partial charge in [0, 0.05) is 6.04 Å². The minimum absolute atomic E-state index is 0.109. The van der Waals surface area contributed by atoms with Crippen molar-refractivity contribution in [3.05, 3.63) is 24.5 Å². The van der Waals surface area contributed by atoms with Crippen molar-refractivity contribution in [1.82, 2.24) is 0 Å². The van der Waals surface area contributed by atoms with Crippen LogP contribution in [0, 0.1) is 5.92 Å². The van der Waals surface area contributed by atoms with Gasteiger partial charge in [0.1, 0.15) is 6.61 Å². The van der Waals surface area contributed by atoms with E-state index < -0.39 is 0 Å². The molecular weight excluding hydrogens is 162 g/mol. The predicted molar refractivity (Wildman–Crippen MR) is 57.3 cm³/mol. The molecule has 0 spiro atoms. The second-order valence-corrected chi connectivity index (χ2v) is 3.42. The monoisotopic (exact) mass is 183 g/mol. The number of allylic oxidation sites excluding steroid dienone is 3. The van der Waals surface area contributed by atoms with E-state index in [9.17, 15) is 0 Å². The van der Waals surface area contributed by atoms with E-state index in [-0.39, 0.29) is 6.04 Å². The Kier molecular flexibility index (Phi) is 7.41. The van der Waals surface area contributed by atoms with Gasteiger partial charge in [0.2, 0.25) is 0 Å². The Morgan fingerprint density at radius 2 is 2.08 bits per heavy atom. The molecule has 2 N–H and O–H groups in total. The Bertz CT molecular complexity index is 161. The van der Waals surface area contributed by atoms with E-state index in [4.69, 9.17) is 10.5 Å². The van der Waals surface area contributed by atoms with Crippen molar-refractivity contribution in [1.29, 1.82) is 0 Å². The van der Waals surface area contributed by atoms with Gasteiger partial charge in [0.05, 0.1) is 6.26 Å². The fourth-order valence-corrected chi connectivity index (χ4v) is 0.953. The number of ether oxygens (including phenoxy) is 1. The number of rotatable bonds is 6. The van der Waals surface area contributed by atoms with Crippen LogP contribution in [0.5, 0.6) is 0 Å². The largest absolute Gasteiger partial charge is 0.500 e. The standard InChI is InChI=1S/C11H21NO/c1-4-6-10(2)7-5-8-13-9-11(3)12/h4-6,8,10-11H,7,9,12H2,1-3H3/b6-4+,8-5+. The Labute approximate surface area is 81.5 Å². The van der Waals surface area contributed by atoms with Crippen molar-refractivity contribution in [2.24, 2.45) is 11.7 Å². The molecule has 0 radical (unpaired) electrons. The van der Waals surface area contributed by atoms with Crippen LogP contribution in [0.25, 0.3) is 0 Å². The average molecular weight is 183 g/mol. The zero-order valence-electron chi connectivity index (χ0n) is 8.86. The lowest BCUT2D eigenvalue weighted by Gasteiger charge is -2.04. The normalized spacial score (nSPS) is 16.6. The molecule has 0 aliphatic rings. The molecule has 0 heterocycles. The molecular formula is C11H21NO. The smallest absolute Gasteiger partial charge is 0.102 e. The third-order valence-electron chi connectivity index (χ3n) is 1.58. The van der Waals surface area contributed by atoms with Crippen LogP contribution in [0.1, 0.15) is 27.2 Å². The van der Waals surface area contributed by atoms with Crippen LogP contribution in [-0.2, 0) is 4.74 Å². The molecule has 0 aliphatic heterocycles. The minimum Gasteiger partial charge on any atom is -0.500 e. The lowest BCUT2D eigenvalue weighted by atomic mass is 10.1. The molecule has 0 aromatic rings. The summed E-state index contributed by atoms with van der Waals surface area (Å²) in [7, 11) is 0. The van der Waals surface area contributed by atoms with Gasteiger partial charge in [-0.05, 0) is 32.3 Å². The number of hydrogen-bond acceptors (Lipinski definition) is 2. The average Bonchev–Trinajstić information content (AvgIpc) is 2.03. The fraction of sp³-hybridized carbons (Fsp3) is 0.636. The van der Waals surface area contributed by atoms with Gasteiger partial charge < -0.3 is 10.5 Å². The Morgan fingerprint density at radius 3 is 2.62 bits per heavy atom. The van der Waals surface area contributed by atoms with Gasteiger partial charge in [-0.1, -0.05) is 19.1 Å². The third-order valence-corrected chi connectivity index (χ3v) is 1.58. The summed E-state index contributed by atoms with van der Waals surface area (Å²) in [5.41, 5.74) is 5.51. The molecule has 2 heteroatoms. The van der Waals surface area contributed by atoms with Crippen molar-refractivity contribution >= 4 is 0 Å². The highest BCUT2D eigenvalue weighted by atomic mass is 16.5. The van der Waals surface area contributed by atoms with Crippen molar-refractivity contribution in [2.45, 2.75) is 33.2 Å². The van der Waals surface area contributed by atoms with Crippen LogP contribution in [-0.4, -0.2) is 12.6 Å². The van der Waals surface area contributed by atoms with Gasteiger partial charge in [-0.25, -0.2) is 0 Å². The summed E-state index contributed by atoms with van der Waals surface area (Å²) in [6, 6.07) is 0.109. The molecule has 0 saturated heterocycles. The first-order chi connectivity index (χ1) is 6.16. The number of hydrogen-bond donors (Lipinski definition) is 1. The third kappa shape index (κ3) is 9.15. The summed E-state index contributed by atoms with van der Waals surface area (Å²) >= 11 is 0. The summed E-state index contributed by atoms with van der Waals surface area (Å²) in [6.45, 7) is 6.73. The maximum atomic E-state index is 5.51. The Morgan fingerprint density at radius 1 is 1.38 bits per heavy atom. The van der Waals surface area contributed by atoms with Gasteiger partial charge in [-0.2, -0.15) is 0 Å². The highest BCUT2D eigenvalue weighted by Crippen LogP contribution is 2.04. The zero-order chi connectivity index (χ0) is 10.1. The maximum absolute atomic E-state index is 5.51. The van der Waals surface area contributed by atoms with E-state index in [1.807, 2.05) is 19.9 Å². The lowest BCUT2D eigenvalue weighted by Crippen LogP contribution is -2.20. The molecule has 0 fully saturated rings. The van der Waals surface area contributed by atoms with Gasteiger partial charge in [0.15, 0.2) is 0 Å². The molecule has 0 amide bonds. The second kappa shape index (κ2) is 7.87. The molecule has 0 saturated carbocycles. The zero-order valence-corrected chi connectivity index (χ0v) is 8.86. The molecule has 2 unspecified atom stereocenters. The molecule has 0 aliphatic carbocycles.